The summed E-state index contributed by atoms with van der Waals surface area (Å²) in [7, 11) is -2.39. The van der Waals surface area contributed by atoms with E-state index < -0.39 is 10.0 Å². The Hall–Kier alpha value is -3.32. The maximum Gasteiger partial charge on any atom is 0.264 e. The molecule has 0 aliphatic heterocycles. The summed E-state index contributed by atoms with van der Waals surface area (Å²) < 4.78 is 32.9. The maximum absolute atomic E-state index is 13.3. The highest BCUT2D eigenvalue weighted by Gasteiger charge is 2.27. The fraction of sp³-hybridized carbons (Fsp3) is 0.208. The minimum Gasteiger partial charge on any atom is -0.497 e. The Morgan fingerprint density at radius 2 is 1.52 bits per heavy atom. The number of hydrogen-bond acceptors (Lipinski definition) is 4. The molecule has 31 heavy (non-hydrogen) atoms. The van der Waals surface area contributed by atoms with Gasteiger partial charge in [0.25, 0.3) is 10.0 Å². The zero-order valence-corrected chi connectivity index (χ0v) is 18.4. The predicted molar refractivity (Wildman–Crippen MR) is 122 cm³/mol. The molecule has 0 aliphatic carbocycles. The molecule has 1 amide bonds. The summed E-state index contributed by atoms with van der Waals surface area (Å²) in [6, 6.07) is 24.5. The van der Waals surface area contributed by atoms with Gasteiger partial charge in [0.05, 0.1) is 17.7 Å². The number of carbonyl (C=O) groups is 1. The van der Waals surface area contributed by atoms with E-state index in [1.807, 2.05) is 37.3 Å². The number of carbonyl (C=O) groups excluding carboxylic acids is 1. The lowest BCUT2D eigenvalue weighted by Crippen LogP contribution is -2.41. The van der Waals surface area contributed by atoms with E-state index in [-0.39, 0.29) is 23.3 Å². The van der Waals surface area contributed by atoms with Gasteiger partial charge in [-0.1, -0.05) is 55.5 Å². The highest BCUT2D eigenvalue weighted by Crippen LogP contribution is 2.25. The molecule has 7 heteroatoms. The Labute approximate surface area is 183 Å². The average Bonchev–Trinajstić information content (AvgIpc) is 2.82. The first-order valence-electron chi connectivity index (χ1n) is 9.95. The van der Waals surface area contributed by atoms with Crippen LogP contribution in [0.3, 0.4) is 0 Å². The van der Waals surface area contributed by atoms with E-state index in [1.54, 1.807) is 42.5 Å². The molecule has 3 aromatic carbocycles. The lowest BCUT2D eigenvalue weighted by atomic mass is 10.0. The highest BCUT2D eigenvalue weighted by atomic mass is 32.2. The number of ether oxygens (including phenoxy) is 1. The second-order valence-corrected chi connectivity index (χ2v) is 9.00. The molecule has 1 unspecified atom stereocenters. The first kappa shape index (κ1) is 22.4. The normalized spacial score (nSPS) is 12.1. The Bertz CT molecular complexity index is 1090. The molecule has 0 saturated heterocycles. The standard InChI is InChI=1S/C24H26N2O4S/c1-19(20-9-5-3-6-10-20)17-25-24(27)18-26(21-13-15-22(30-2)16-14-21)31(28,29)23-11-7-4-8-12-23/h3-16,19H,17-18H2,1-2H3,(H,25,27). The number of rotatable bonds is 9. The number of benzene rings is 3. The molecule has 0 aromatic heterocycles. The van der Waals surface area contributed by atoms with Crippen LogP contribution in [0.2, 0.25) is 0 Å². The Morgan fingerprint density at radius 1 is 0.935 bits per heavy atom. The number of nitrogens with zero attached hydrogens (tertiary/aromatic N) is 1. The van der Waals surface area contributed by atoms with Crippen LogP contribution in [0.4, 0.5) is 5.69 Å². The molecule has 3 aromatic rings. The first-order valence-corrected chi connectivity index (χ1v) is 11.4. The summed E-state index contributed by atoms with van der Waals surface area (Å²) >= 11 is 0. The minimum atomic E-state index is -3.93. The quantitative estimate of drug-likeness (QED) is 0.551. The zero-order valence-electron chi connectivity index (χ0n) is 17.6. The van der Waals surface area contributed by atoms with Crippen molar-refractivity contribution in [2.75, 3.05) is 24.5 Å². The monoisotopic (exact) mass is 438 g/mol. The molecule has 0 spiro atoms. The lowest BCUT2D eigenvalue weighted by Gasteiger charge is -2.24. The average molecular weight is 439 g/mol. The Balaban J connectivity index is 1.80. The molecule has 0 bridgehead atoms. The summed E-state index contributed by atoms with van der Waals surface area (Å²) in [5.41, 5.74) is 1.49. The molecule has 0 radical (unpaired) electrons. The molecule has 0 saturated carbocycles. The summed E-state index contributed by atoms with van der Waals surface area (Å²) in [4.78, 5) is 12.8. The van der Waals surface area contributed by atoms with Gasteiger partial charge < -0.3 is 10.1 Å². The highest BCUT2D eigenvalue weighted by molar-refractivity contribution is 7.92. The van der Waals surface area contributed by atoms with E-state index in [9.17, 15) is 13.2 Å². The first-order chi connectivity index (χ1) is 14.9. The third kappa shape index (κ3) is 5.64. The smallest absolute Gasteiger partial charge is 0.264 e. The third-order valence-corrected chi connectivity index (χ3v) is 6.74. The van der Waals surface area contributed by atoms with Crippen molar-refractivity contribution in [2.24, 2.45) is 0 Å². The molecule has 1 atom stereocenters. The number of sulfonamides is 1. The number of methoxy groups -OCH3 is 1. The van der Waals surface area contributed by atoms with Crippen molar-refractivity contribution in [1.29, 1.82) is 0 Å². The fourth-order valence-electron chi connectivity index (χ4n) is 3.14. The van der Waals surface area contributed by atoms with Gasteiger partial charge in [-0.05, 0) is 47.9 Å². The zero-order chi connectivity index (χ0) is 22.3. The summed E-state index contributed by atoms with van der Waals surface area (Å²) in [6.45, 7) is 2.09. The van der Waals surface area contributed by atoms with Crippen molar-refractivity contribution in [3.8, 4) is 5.75 Å². The largest absolute Gasteiger partial charge is 0.497 e. The maximum atomic E-state index is 13.3. The van der Waals surface area contributed by atoms with Crippen LogP contribution in [-0.2, 0) is 14.8 Å². The second-order valence-electron chi connectivity index (χ2n) is 7.14. The van der Waals surface area contributed by atoms with Crippen molar-refractivity contribution in [3.63, 3.8) is 0 Å². The van der Waals surface area contributed by atoms with Crippen LogP contribution in [0.15, 0.2) is 89.8 Å². The van der Waals surface area contributed by atoms with Crippen molar-refractivity contribution < 1.29 is 17.9 Å². The van der Waals surface area contributed by atoms with Crippen LogP contribution in [-0.4, -0.2) is 34.5 Å². The van der Waals surface area contributed by atoms with Gasteiger partial charge in [-0.15, -0.1) is 0 Å². The van der Waals surface area contributed by atoms with E-state index in [0.717, 1.165) is 9.87 Å². The van der Waals surface area contributed by atoms with E-state index >= 15 is 0 Å². The van der Waals surface area contributed by atoms with Crippen LogP contribution in [0.25, 0.3) is 0 Å². The van der Waals surface area contributed by atoms with Gasteiger partial charge in [0.1, 0.15) is 12.3 Å². The molecule has 0 heterocycles. The topological polar surface area (TPSA) is 75.7 Å². The number of anilines is 1. The van der Waals surface area contributed by atoms with Crippen molar-refractivity contribution in [1.82, 2.24) is 5.32 Å². The second kappa shape index (κ2) is 10.1. The van der Waals surface area contributed by atoms with Crippen LogP contribution in [0, 0.1) is 0 Å². The molecular weight excluding hydrogens is 412 g/mol. The fourth-order valence-corrected chi connectivity index (χ4v) is 4.58. The van der Waals surface area contributed by atoms with Gasteiger partial charge in [0, 0.05) is 6.54 Å². The predicted octanol–water partition coefficient (Wildman–Crippen LogP) is 3.81. The molecule has 0 aliphatic rings. The van der Waals surface area contributed by atoms with Gasteiger partial charge >= 0.3 is 0 Å². The van der Waals surface area contributed by atoms with E-state index in [4.69, 9.17) is 4.74 Å². The molecule has 1 N–H and O–H groups in total. The van der Waals surface area contributed by atoms with E-state index in [0.29, 0.717) is 18.0 Å². The summed E-state index contributed by atoms with van der Waals surface area (Å²) in [6.07, 6.45) is 0. The van der Waals surface area contributed by atoms with Gasteiger partial charge in [-0.3, -0.25) is 9.10 Å². The molecular formula is C24H26N2O4S. The number of nitrogens with one attached hydrogen (secondary N) is 1. The molecule has 3 rings (SSSR count). The van der Waals surface area contributed by atoms with Crippen LogP contribution >= 0.6 is 0 Å². The third-order valence-electron chi connectivity index (χ3n) is 4.95. The molecule has 6 nitrogen and oxygen atoms in total. The van der Waals surface area contributed by atoms with Crippen LogP contribution in [0.1, 0.15) is 18.4 Å². The molecule has 0 fully saturated rings. The molecule has 162 valence electrons. The van der Waals surface area contributed by atoms with Gasteiger partial charge in [-0.25, -0.2) is 8.42 Å². The van der Waals surface area contributed by atoms with Crippen molar-refractivity contribution in [2.45, 2.75) is 17.7 Å². The van der Waals surface area contributed by atoms with Crippen LogP contribution < -0.4 is 14.4 Å². The van der Waals surface area contributed by atoms with Gasteiger partial charge in [0.15, 0.2) is 0 Å². The van der Waals surface area contributed by atoms with Crippen molar-refractivity contribution >= 4 is 21.6 Å². The number of amides is 1. The van der Waals surface area contributed by atoms with Gasteiger partial charge in [0.2, 0.25) is 5.91 Å². The van der Waals surface area contributed by atoms with E-state index in [1.165, 1.54) is 19.2 Å². The van der Waals surface area contributed by atoms with E-state index in [2.05, 4.69) is 5.32 Å². The summed E-state index contributed by atoms with van der Waals surface area (Å²) in [5.74, 6) is 0.324. The lowest BCUT2D eigenvalue weighted by molar-refractivity contribution is -0.119. The van der Waals surface area contributed by atoms with Gasteiger partial charge in [-0.2, -0.15) is 0 Å². The Kier molecular flexibility index (Phi) is 7.31. The minimum absolute atomic E-state index is 0.102. The summed E-state index contributed by atoms with van der Waals surface area (Å²) in [5, 5.41) is 2.86. The number of hydrogen-bond donors (Lipinski definition) is 1. The van der Waals surface area contributed by atoms with Crippen LogP contribution in [0.5, 0.6) is 5.75 Å². The van der Waals surface area contributed by atoms with Crippen molar-refractivity contribution in [3.05, 3.63) is 90.5 Å². The Morgan fingerprint density at radius 3 is 2.10 bits per heavy atom. The SMILES string of the molecule is COc1ccc(N(CC(=O)NCC(C)c2ccccc2)S(=O)(=O)c2ccccc2)cc1.